The highest BCUT2D eigenvalue weighted by molar-refractivity contribution is 7.89. The highest BCUT2D eigenvalue weighted by atomic mass is 32.2. The average molecular weight is 429 g/mol. The molecule has 2 aliphatic heterocycles. The van der Waals surface area contributed by atoms with Crippen LogP contribution in [0.2, 0.25) is 0 Å². The number of hydrogen-bond acceptors (Lipinski definition) is 6. The van der Waals surface area contributed by atoms with Crippen molar-refractivity contribution in [2.75, 3.05) is 20.1 Å². The lowest BCUT2D eigenvalue weighted by atomic mass is 9.96. The minimum absolute atomic E-state index is 0.174. The average Bonchev–Trinajstić information content (AvgIpc) is 3.35. The lowest BCUT2D eigenvalue weighted by molar-refractivity contribution is -0.123. The van der Waals surface area contributed by atoms with Crippen molar-refractivity contribution in [1.82, 2.24) is 14.2 Å². The Hall–Kier alpha value is -2.78. The number of sulfonamides is 1. The predicted molar refractivity (Wildman–Crippen MR) is 111 cm³/mol. The molecule has 1 aromatic carbocycles. The Balaban J connectivity index is 1.42. The molecule has 30 heavy (non-hydrogen) atoms. The van der Waals surface area contributed by atoms with Crippen molar-refractivity contribution >= 4 is 21.6 Å². The Labute approximate surface area is 176 Å². The zero-order valence-corrected chi connectivity index (χ0v) is 17.8. The molecule has 4 rings (SSSR count). The van der Waals surface area contributed by atoms with Gasteiger partial charge in [0, 0.05) is 32.6 Å². The molecule has 3 heterocycles. The molecule has 2 aromatic rings. The SMILES string of the molecule is Cc1cccc(S(=O)(=O)N2CCC3(CC(C(=O)N(C)Cc4ccccn4)=NO3)C2)c1. The number of carbonyl (C=O) groups excluding carboxylic acids is 1. The van der Waals surface area contributed by atoms with E-state index in [9.17, 15) is 13.2 Å². The van der Waals surface area contributed by atoms with Gasteiger partial charge in [-0.25, -0.2) is 8.42 Å². The highest BCUT2D eigenvalue weighted by Crippen LogP contribution is 2.36. The summed E-state index contributed by atoms with van der Waals surface area (Å²) < 4.78 is 27.4. The zero-order valence-electron chi connectivity index (χ0n) is 17.0. The maximum absolute atomic E-state index is 13.0. The smallest absolute Gasteiger partial charge is 0.271 e. The molecule has 8 nitrogen and oxygen atoms in total. The van der Waals surface area contributed by atoms with Gasteiger partial charge in [0.25, 0.3) is 5.91 Å². The standard InChI is InChI=1S/C21H24N4O4S/c1-16-6-5-8-18(12-16)30(27,28)25-11-9-21(15-25)13-19(23-29-21)20(26)24(2)14-17-7-3-4-10-22-17/h3-8,10,12H,9,11,13-15H2,1-2H3. The first kappa shape index (κ1) is 20.5. The van der Waals surface area contributed by atoms with Crippen LogP contribution >= 0.6 is 0 Å². The first-order valence-electron chi connectivity index (χ1n) is 9.76. The molecular formula is C21H24N4O4S. The quantitative estimate of drug-likeness (QED) is 0.726. The molecule has 0 bridgehead atoms. The van der Waals surface area contributed by atoms with Crippen molar-refractivity contribution in [3.8, 4) is 0 Å². The Morgan fingerprint density at radius 3 is 2.83 bits per heavy atom. The lowest BCUT2D eigenvalue weighted by Gasteiger charge is -2.22. The maximum atomic E-state index is 13.0. The molecule has 1 saturated heterocycles. The van der Waals surface area contributed by atoms with Crippen molar-refractivity contribution < 1.29 is 18.0 Å². The normalized spacial score (nSPS) is 21.5. The van der Waals surface area contributed by atoms with Gasteiger partial charge in [0.1, 0.15) is 5.71 Å². The third-order valence-electron chi connectivity index (χ3n) is 5.47. The van der Waals surface area contributed by atoms with Crippen LogP contribution in [0.3, 0.4) is 0 Å². The number of amides is 1. The fourth-order valence-corrected chi connectivity index (χ4v) is 5.44. The van der Waals surface area contributed by atoms with Crippen LogP contribution in [-0.2, 0) is 26.2 Å². The van der Waals surface area contributed by atoms with E-state index in [2.05, 4.69) is 10.1 Å². The second-order valence-electron chi connectivity index (χ2n) is 7.88. The summed E-state index contributed by atoms with van der Waals surface area (Å²) in [5.74, 6) is -0.238. The van der Waals surface area contributed by atoms with Crippen LogP contribution in [0.25, 0.3) is 0 Å². The Morgan fingerprint density at radius 1 is 1.27 bits per heavy atom. The van der Waals surface area contributed by atoms with Gasteiger partial charge in [0.2, 0.25) is 10.0 Å². The summed E-state index contributed by atoms with van der Waals surface area (Å²) in [6.07, 6.45) is 2.46. The van der Waals surface area contributed by atoms with Crippen molar-refractivity contribution in [3.63, 3.8) is 0 Å². The van der Waals surface area contributed by atoms with Crippen molar-refractivity contribution in [3.05, 3.63) is 59.9 Å². The van der Waals surface area contributed by atoms with E-state index in [1.54, 1.807) is 36.3 Å². The van der Waals surface area contributed by atoms with Gasteiger partial charge < -0.3 is 9.74 Å². The summed E-state index contributed by atoms with van der Waals surface area (Å²) in [4.78, 5) is 24.5. The second-order valence-corrected chi connectivity index (χ2v) is 9.81. The van der Waals surface area contributed by atoms with E-state index in [0.29, 0.717) is 25.2 Å². The van der Waals surface area contributed by atoms with E-state index in [0.717, 1.165) is 11.3 Å². The first-order chi connectivity index (χ1) is 14.3. The Kier molecular flexibility index (Phi) is 5.33. The molecule has 9 heteroatoms. The molecule has 0 radical (unpaired) electrons. The van der Waals surface area contributed by atoms with Crippen molar-refractivity contribution in [2.24, 2.45) is 5.16 Å². The van der Waals surface area contributed by atoms with Gasteiger partial charge in [-0.05, 0) is 36.8 Å². The van der Waals surface area contributed by atoms with Crippen molar-refractivity contribution in [2.45, 2.75) is 36.8 Å². The van der Waals surface area contributed by atoms with E-state index in [4.69, 9.17) is 4.84 Å². The number of aromatic nitrogens is 1. The van der Waals surface area contributed by atoms with Gasteiger partial charge in [0.15, 0.2) is 5.60 Å². The second kappa shape index (κ2) is 7.81. The highest BCUT2D eigenvalue weighted by Gasteiger charge is 2.50. The Morgan fingerprint density at radius 2 is 2.10 bits per heavy atom. The fourth-order valence-electron chi connectivity index (χ4n) is 3.82. The molecule has 0 N–H and O–H groups in total. The zero-order chi connectivity index (χ0) is 21.4. The van der Waals surface area contributed by atoms with Crippen LogP contribution in [0.15, 0.2) is 58.7 Å². The minimum atomic E-state index is -3.62. The monoisotopic (exact) mass is 428 g/mol. The number of hydrogen-bond donors (Lipinski definition) is 0. The van der Waals surface area contributed by atoms with Gasteiger partial charge in [-0.1, -0.05) is 23.4 Å². The van der Waals surface area contributed by atoms with Gasteiger partial charge in [0.05, 0.1) is 23.7 Å². The number of nitrogens with zero attached hydrogens (tertiary/aromatic N) is 4. The van der Waals surface area contributed by atoms with E-state index in [-0.39, 0.29) is 23.8 Å². The van der Waals surface area contributed by atoms with Gasteiger partial charge in [-0.2, -0.15) is 4.31 Å². The van der Waals surface area contributed by atoms with Gasteiger partial charge in [-0.3, -0.25) is 9.78 Å². The molecule has 1 spiro atoms. The number of aryl methyl sites for hydroxylation is 1. The van der Waals surface area contributed by atoms with Crippen LogP contribution in [0, 0.1) is 6.92 Å². The predicted octanol–water partition coefficient (Wildman–Crippen LogP) is 1.96. The van der Waals surface area contributed by atoms with Crippen LogP contribution in [-0.4, -0.2) is 60.0 Å². The van der Waals surface area contributed by atoms with E-state index in [1.165, 1.54) is 4.31 Å². The summed E-state index contributed by atoms with van der Waals surface area (Å²) in [7, 11) is -1.93. The molecule has 158 valence electrons. The largest absolute Gasteiger partial charge is 0.387 e. The van der Waals surface area contributed by atoms with Gasteiger partial charge >= 0.3 is 0 Å². The fraction of sp³-hybridized carbons (Fsp3) is 0.381. The number of oxime groups is 1. The molecule has 1 unspecified atom stereocenters. The Bertz CT molecular complexity index is 1090. The van der Waals surface area contributed by atoms with Crippen LogP contribution in [0.5, 0.6) is 0 Å². The third kappa shape index (κ3) is 3.95. The maximum Gasteiger partial charge on any atom is 0.271 e. The number of benzene rings is 1. The summed E-state index contributed by atoms with van der Waals surface area (Å²) >= 11 is 0. The van der Waals surface area contributed by atoms with Crippen LogP contribution < -0.4 is 0 Å². The number of rotatable bonds is 5. The summed E-state index contributed by atoms with van der Waals surface area (Å²) in [6, 6.07) is 12.4. The van der Waals surface area contributed by atoms with Crippen LogP contribution in [0.4, 0.5) is 0 Å². The molecular weight excluding hydrogens is 404 g/mol. The van der Waals surface area contributed by atoms with Crippen LogP contribution in [0.1, 0.15) is 24.1 Å². The molecule has 1 fully saturated rings. The molecule has 0 saturated carbocycles. The van der Waals surface area contributed by atoms with E-state index < -0.39 is 15.6 Å². The van der Waals surface area contributed by atoms with E-state index >= 15 is 0 Å². The summed E-state index contributed by atoms with van der Waals surface area (Å²) in [5, 5.41) is 4.02. The molecule has 1 aromatic heterocycles. The van der Waals surface area contributed by atoms with Crippen molar-refractivity contribution in [1.29, 1.82) is 0 Å². The third-order valence-corrected chi connectivity index (χ3v) is 7.31. The topological polar surface area (TPSA) is 92.2 Å². The lowest BCUT2D eigenvalue weighted by Crippen LogP contribution is -2.39. The summed E-state index contributed by atoms with van der Waals surface area (Å²) in [6.45, 7) is 2.72. The van der Waals surface area contributed by atoms with E-state index in [1.807, 2.05) is 31.2 Å². The number of carbonyl (C=O) groups is 1. The minimum Gasteiger partial charge on any atom is -0.387 e. The van der Waals surface area contributed by atoms with Gasteiger partial charge in [-0.15, -0.1) is 0 Å². The number of pyridine rings is 1. The molecule has 0 aliphatic carbocycles. The first-order valence-corrected chi connectivity index (χ1v) is 11.2. The molecule has 1 amide bonds. The molecule has 2 aliphatic rings. The summed E-state index contributed by atoms with van der Waals surface area (Å²) in [5.41, 5.74) is 1.18. The molecule has 1 atom stereocenters.